The van der Waals surface area contributed by atoms with Gasteiger partial charge in [0.25, 0.3) is 0 Å². The zero-order valence-electron chi connectivity index (χ0n) is 15.8. The standard InChI is InChI=1S/2C10H18O2/c2*1-7(2)8-4-5-10(3,12)9(11)6-8/h2*8-9,11-12H,1,4-6H2,2-3H3. The van der Waals surface area contributed by atoms with Crippen molar-refractivity contribution in [1.82, 2.24) is 0 Å². The zero-order valence-corrected chi connectivity index (χ0v) is 15.8. The largest absolute Gasteiger partial charge is 0.390 e. The summed E-state index contributed by atoms with van der Waals surface area (Å²) in [4.78, 5) is 0. The molecule has 0 aromatic heterocycles. The van der Waals surface area contributed by atoms with Crippen LogP contribution in [0.15, 0.2) is 24.3 Å². The summed E-state index contributed by atoms with van der Waals surface area (Å²) in [5.41, 5.74) is 0.465. The fraction of sp³-hybridized carbons (Fsp3) is 0.800. The summed E-state index contributed by atoms with van der Waals surface area (Å²) in [5.74, 6) is 0.778. The molecule has 2 fully saturated rings. The summed E-state index contributed by atoms with van der Waals surface area (Å²) < 4.78 is 0. The molecule has 4 N–H and O–H groups in total. The molecule has 0 amide bonds. The average molecular weight is 341 g/mol. The molecule has 0 spiro atoms. The second kappa shape index (κ2) is 8.13. The van der Waals surface area contributed by atoms with Crippen molar-refractivity contribution in [3.05, 3.63) is 24.3 Å². The van der Waals surface area contributed by atoms with E-state index in [-0.39, 0.29) is 0 Å². The van der Waals surface area contributed by atoms with Crippen molar-refractivity contribution < 1.29 is 20.4 Å². The molecule has 2 rings (SSSR count). The Labute approximate surface area is 146 Å². The van der Waals surface area contributed by atoms with Gasteiger partial charge in [-0.15, -0.1) is 0 Å². The Hall–Kier alpha value is -0.680. The van der Waals surface area contributed by atoms with Crippen molar-refractivity contribution >= 4 is 0 Å². The van der Waals surface area contributed by atoms with Crippen LogP contribution in [0.4, 0.5) is 0 Å². The van der Waals surface area contributed by atoms with Gasteiger partial charge in [0.2, 0.25) is 0 Å². The highest BCUT2D eigenvalue weighted by Crippen LogP contribution is 2.35. The number of allylic oxidation sites excluding steroid dienone is 2. The number of rotatable bonds is 2. The Morgan fingerprint density at radius 2 is 1.08 bits per heavy atom. The first-order valence-corrected chi connectivity index (χ1v) is 8.98. The fourth-order valence-corrected chi connectivity index (χ4v) is 3.44. The van der Waals surface area contributed by atoms with Crippen LogP contribution in [-0.4, -0.2) is 43.8 Å². The zero-order chi connectivity index (χ0) is 18.7. The Morgan fingerprint density at radius 3 is 1.29 bits per heavy atom. The first kappa shape index (κ1) is 21.4. The summed E-state index contributed by atoms with van der Waals surface area (Å²) in [6.07, 6.45) is 3.36. The lowest BCUT2D eigenvalue weighted by Gasteiger charge is -2.38. The van der Waals surface area contributed by atoms with Crippen LogP contribution in [0.2, 0.25) is 0 Å². The molecule has 6 atom stereocenters. The predicted octanol–water partition coefficient (Wildman–Crippen LogP) is 2.95. The highest BCUT2D eigenvalue weighted by Gasteiger charge is 2.38. The van der Waals surface area contributed by atoms with Gasteiger partial charge in [-0.25, -0.2) is 0 Å². The van der Waals surface area contributed by atoms with Gasteiger partial charge in [0.1, 0.15) is 0 Å². The molecule has 140 valence electrons. The van der Waals surface area contributed by atoms with Crippen molar-refractivity contribution in [3.63, 3.8) is 0 Å². The van der Waals surface area contributed by atoms with Crippen LogP contribution in [0.1, 0.15) is 66.2 Å². The normalized spacial score (nSPS) is 42.7. The van der Waals surface area contributed by atoms with Gasteiger partial charge in [0.05, 0.1) is 23.4 Å². The molecule has 0 aromatic carbocycles. The molecule has 2 saturated carbocycles. The minimum atomic E-state index is -0.883. The van der Waals surface area contributed by atoms with Crippen molar-refractivity contribution in [2.24, 2.45) is 11.8 Å². The van der Waals surface area contributed by atoms with Crippen molar-refractivity contribution in [3.8, 4) is 0 Å². The number of aliphatic hydroxyl groups excluding tert-OH is 2. The lowest BCUT2D eigenvalue weighted by Crippen LogP contribution is -2.44. The smallest absolute Gasteiger partial charge is 0.0877 e. The summed E-state index contributed by atoms with van der Waals surface area (Å²) in [6, 6.07) is 0. The first-order chi connectivity index (χ1) is 10.9. The molecule has 0 radical (unpaired) electrons. The molecule has 0 bridgehead atoms. The summed E-state index contributed by atoms with van der Waals surface area (Å²) in [7, 11) is 0. The lowest BCUT2D eigenvalue weighted by atomic mass is 9.75. The fourth-order valence-electron chi connectivity index (χ4n) is 3.44. The first-order valence-electron chi connectivity index (χ1n) is 8.98. The van der Waals surface area contributed by atoms with Gasteiger partial charge in [-0.2, -0.15) is 0 Å². The Balaban J connectivity index is 0.000000240. The van der Waals surface area contributed by atoms with Crippen LogP contribution in [0, 0.1) is 11.8 Å². The molecule has 0 heterocycles. The second-order valence-electron chi connectivity index (χ2n) is 8.38. The van der Waals surface area contributed by atoms with Crippen molar-refractivity contribution in [2.45, 2.75) is 89.6 Å². The molecular formula is C20H36O4. The van der Waals surface area contributed by atoms with Gasteiger partial charge >= 0.3 is 0 Å². The van der Waals surface area contributed by atoms with E-state index in [9.17, 15) is 20.4 Å². The van der Waals surface area contributed by atoms with Gasteiger partial charge in [-0.05, 0) is 78.1 Å². The van der Waals surface area contributed by atoms with Crippen LogP contribution in [0.3, 0.4) is 0 Å². The van der Waals surface area contributed by atoms with E-state index in [2.05, 4.69) is 13.2 Å². The van der Waals surface area contributed by atoms with E-state index in [1.54, 1.807) is 13.8 Å². The van der Waals surface area contributed by atoms with Crippen LogP contribution in [0.25, 0.3) is 0 Å². The van der Waals surface area contributed by atoms with Gasteiger partial charge < -0.3 is 20.4 Å². The maximum absolute atomic E-state index is 9.66. The number of hydrogen-bond donors (Lipinski definition) is 4. The average Bonchev–Trinajstić information content (AvgIpc) is 2.45. The molecule has 4 nitrogen and oxygen atoms in total. The Kier molecular flexibility index (Phi) is 7.24. The predicted molar refractivity (Wildman–Crippen MR) is 97.6 cm³/mol. The molecule has 6 unspecified atom stereocenters. The van der Waals surface area contributed by atoms with Crippen LogP contribution >= 0.6 is 0 Å². The summed E-state index contributed by atoms with van der Waals surface area (Å²) in [5, 5.41) is 38.5. The third-order valence-electron chi connectivity index (χ3n) is 5.84. The van der Waals surface area contributed by atoms with E-state index in [1.807, 2.05) is 13.8 Å². The lowest BCUT2D eigenvalue weighted by molar-refractivity contribution is -0.0953. The molecular weight excluding hydrogens is 304 g/mol. The topological polar surface area (TPSA) is 80.9 Å². The van der Waals surface area contributed by atoms with Gasteiger partial charge in [-0.1, -0.05) is 24.3 Å². The Bertz CT molecular complexity index is 411. The minimum Gasteiger partial charge on any atom is -0.390 e. The second-order valence-corrected chi connectivity index (χ2v) is 8.38. The van der Waals surface area contributed by atoms with E-state index in [0.717, 1.165) is 24.0 Å². The third-order valence-corrected chi connectivity index (χ3v) is 5.84. The van der Waals surface area contributed by atoms with E-state index < -0.39 is 23.4 Å². The van der Waals surface area contributed by atoms with E-state index >= 15 is 0 Å². The summed E-state index contributed by atoms with van der Waals surface area (Å²) >= 11 is 0. The van der Waals surface area contributed by atoms with Gasteiger partial charge in [0.15, 0.2) is 0 Å². The van der Waals surface area contributed by atoms with E-state index in [0.29, 0.717) is 37.5 Å². The SMILES string of the molecule is C=C(C)C1CCC(C)(O)C(O)C1.C=C(C)C1CCC(C)(O)C(O)C1. The molecule has 2 aliphatic rings. The number of aliphatic hydroxyl groups is 4. The highest BCUT2D eigenvalue weighted by atomic mass is 16.3. The van der Waals surface area contributed by atoms with E-state index in [1.165, 1.54) is 0 Å². The third kappa shape index (κ3) is 5.69. The monoisotopic (exact) mass is 340 g/mol. The maximum Gasteiger partial charge on any atom is 0.0877 e. The summed E-state index contributed by atoms with van der Waals surface area (Å²) in [6.45, 7) is 15.1. The van der Waals surface area contributed by atoms with Crippen molar-refractivity contribution in [2.75, 3.05) is 0 Å². The van der Waals surface area contributed by atoms with Crippen molar-refractivity contribution in [1.29, 1.82) is 0 Å². The van der Waals surface area contributed by atoms with Crippen LogP contribution < -0.4 is 0 Å². The van der Waals surface area contributed by atoms with Gasteiger partial charge in [-0.3, -0.25) is 0 Å². The Morgan fingerprint density at radius 1 is 0.792 bits per heavy atom. The molecule has 0 aromatic rings. The molecule has 4 heteroatoms. The van der Waals surface area contributed by atoms with Gasteiger partial charge in [0, 0.05) is 0 Å². The molecule has 24 heavy (non-hydrogen) atoms. The quantitative estimate of drug-likeness (QED) is 0.583. The number of hydrogen-bond acceptors (Lipinski definition) is 4. The van der Waals surface area contributed by atoms with Crippen LogP contribution in [-0.2, 0) is 0 Å². The molecule has 0 aliphatic heterocycles. The maximum atomic E-state index is 9.66. The van der Waals surface area contributed by atoms with Crippen LogP contribution in [0.5, 0.6) is 0 Å². The van der Waals surface area contributed by atoms with E-state index in [4.69, 9.17) is 0 Å². The highest BCUT2D eigenvalue weighted by molar-refractivity contribution is 5.03. The minimum absolute atomic E-state index is 0.389. The molecule has 0 saturated heterocycles. The molecule has 2 aliphatic carbocycles.